The largest absolute Gasteiger partial charge is 0.465 e. The van der Waals surface area contributed by atoms with Crippen LogP contribution in [-0.2, 0) is 18.4 Å². The first-order valence-corrected chi connectivity index (χ1v) is 9.30. The zero-order valence-corrected chi connectivity index (χ0v) is 13.7. The second kappa shape index (κ2) is 9.07. The molecule has 0 aliphatic rings. The van der Waals surface area contributed by atoms with Crippen LogP contribution in [0.1, 0.15) is 26.2 Å². The van der Waals surface area contributed by atoms with Crippen molar-refractivity contribution < 1.29 is 18.4 Å². The minimum absolute atomic E-state index is 0.196. The second-order valence-corrected chi connectivity index (χ2v) is 9.09. The molecule has 0 aromatic rings. The van der Waals surface area contributed by atoms with Gasteiger partial charge in [0.05, 0.1) is 6.61 Å². The molecule has 1 unspecified atom stereocenters. The summed E-state index contributed by atoms with van der Waals surface area (Å²) in [5.41, 5.74) is 0. The molecule has 0 N–H and O–H groups in total. The van der Waals surface area contributed by atoms with E-state index < -0.39 is 8.56 Å². The predicted octanol–water partition coefficient (Wildman–Crippen LogP) is 2.85. The summed E-state index contributed by atoms with van der Waals surface area (Å²) < 4.78 is 15.8. The van der Waals surface area contributed by atoms with Gasteiger partial charge >= 0.3 is 14.5 Å². The monoisotopic (exact) mass is 326 g/mol. The van der Waals surface area contributed by atoms with Crippen molar-refractivity contribution in [3.05, 3.63) is 0 Å². The molecule has 4 nitrogen and oxygen atoms in total. The molecule has 0 aromatic heterocycles. The molecule has 0 aromatic carbocycles. The van der Waals surface area contributed by atoms with Gasteiger partial charge in [0.25, 0.3) is 0 Å². The molecule has 0 amide bonds. The summed E-state index contributed by atoms with van der Waals surface area (Å²) in [5, 5.41) is 0. The Morgan fingerprint density at radius 1 is 1.24 bits per heavy atom. The smallest absolute Gasteiger partial charge is 0.334 e. The molecule has 0 fully saturated rings. The Kier molecular flexibility index (Phi) is 9.12. The van der Waals surface area contributed by atoms with E-state index in [1.807, 2.05) is 0 Å². The van der Waals surface area contributed by atoms with Crippen molar-refractivity contribution in [3.8, 4) is 0 Å². The Morgan fingerprint density at radius 2 is 1.82 bits per heavy atom. The number of alkyl halides is 1. The number of carbonyl (C=O) groups excluding carboxylic acids is 1. The van der Waals surface area contributed by atoms with E-state index in [0.717, 1.165) is 25.3 Å². The van der Waals surface area contributed by atoms with Crippen LogP contribution in [0.5, 0.6) is 0 Å². The maximum atomic E-state index is 11.1. The lowest BCUT2D eigenvalue weighted by Crippen LogP contribution is -2.35. The third-order valence-electron chi connectivity index (χ3n) is 2.71. The Morgan fingerprint density at radius 3 is 2.29 bits per heavy atom. The lowest BCUT2D eigenvalue weighted by atomic mass is 10.3. The summed E-state index contributed by atoms with van der Waals surface area (Å²) in [5.74, 6) is -0.196. The molecular formula is C11H23BrO4Si. The lowest BCUT2D eigenvalue weighted by Gasteiger charge is -2.22. The quantitative estimate of drug-likeness (QED) is 0.283. The van der Waals surface area contributed by atoms with Crippen molar-refractivity contribution >= 4 is 30.5 Å². The third-order valence-corrected chi connectivity index (χ3v) is 6.07. The van der Waals surface area contributed by atoms with Gasteiger partial charge in [-0.25, -0.2) is 0 Å². The van der Waals surface area contributed by atoms with Crippen LogP contribution < -0.4 is 0 Å². The van der Waals surface area contributed by atoms with Crippen LogP contribution in [0.3, 0.4) is 0 Å². The van der Waals surface area contributed by atoms with Crippen LogP contribution in [0.2, 0.25) is 12.6 Å². The molecule has 0 heterocycles. The zero-order valence-electron chi connectivity index (χ0n) is 11.1. The topological polar surface area (TPSA) is 44.8 Å². The molecule has 0 bridgehead atoms. The van der Waals surface area contributed by atoms with Crippen molar-refractivity contribution in [2.75, 3.05) is 20.8 Å². The summed E-state index contributed by atoms with van der Waals surface area (Å²) in [6.45, 7) is 4.31. The summed E-state index contributed by atoms with van der Waals surface area (Å²) in [7, 11) is 1.49. The summed E-state index contributed by atoms with van der Waals surface area (Å²) >= 11 is 3.17. The van der Waals surface area contributed by atoms with Crippen molar-refractivity contribution in [2.24, 2.45) is 0 Å². The zero-order chi connectivity index (χ0) is 13.3. The Labute approximate surface area is 113 Å². The highest BCUT2D eigenvalue weighted by atomic mass is 79.9. The lowest BCUT2D eigenvalue weighted by molar-refractivity contribution is -0.142. The van der Waals surface area contributed by atoms with Crippen LogP contribution in [0.4, 0.5) is 0 Å². The first kappa shape index (κ1) is 17.1. The average molecular weight is 327 g/mol. The van der Waals surface area contributed by atoms with Crippen molar-refractivity contribution in [1.29, 1.82) is 0 Å². The molecule has 0 aliphatic carbocycles. The van der Waals surface area contributed by atoms with E-state index in [1.165, 1.54) is 0 Å². The van der Waals surface area contributed by atoms with Gasteiger partial charge in [0.15, 0.2) is 0 Å². The van der Waals surface area contributed by atoms with Crippen molar-refractivity contribution in [1.82, 2.24) is 0 Å². The fraction of sp³-hybridized carbons (Fsp3) is 0.909. The highest BCUT2D eigenvalue weighted by molar-refractivity contribution is 9.10. The minimum atomic E-state index is -1.91. The van der Waals surface area contributed by atoms with Gasteiger partial charge < -0.3 is 13.6 Å². The molecule has 0 rings (SSSR count). The second-order valence-electron chi connectivity index (χ2n) is 4.14. The normalized spacial score (nSPS) is 13.5. The molecule has 0 aliphatic heterocycles. The number of esters is 1. The molecule has 102 valence electrons. The van der Waals surface area contributed by atoms with Gasteiger partial charge in [-0.15, -0.1) is 0 Å². The molecule has 1 atom stereocenters. The number of carbonyl (C=O) groups is 1. The highest BCUT2D eigenvalue weighted by Crippen LogP contribution is 2.16. The maximum Gasteiger partial charge on any atom is 0.334 e. The number of ether oxygens (including phenoxy) is 1. The fourth-order valence-corrected chi connectivity index (χ4v) is 2.90. The van der Waals surface area contributed by atoms with Gasteiger partial charge in [-0.05, 0) is 25.9 Å². The van der Waals surface area contributed by atoms with Gasteiger partial charge in [-0.1, -0.05) is 28.8 Å². The van der Waals surface area contributed by atoms with Gasteiger partial charge in [-0.2, -0.15) is 0 Å². The number of hydrogen-bond donors (Lipinski definition) is 0. The van der Waals surface area contributed by atoms with E-state index in [4.69, 9.17) is 13.6 Å². The summed E-state index contributed by atoms with van der Waals surface area (Å²) in [6.07, 6.45) is 2.97. The Bertz CT molecular complexity index is 220. The number of halogens is 1. The number of hydrogen-bond acceptors (Lipinski definition) is 4. The van der Waals surface area contributed by atoms with Crippen LogP contribution >= 0.6 is 15.9 Å². The Balaban J connectivity index is 3.50. The van der Waals surface area contributed by atoms with Crippen LogP contribution in [0.25, 0.3) is 0 Å². The van der Waals surface area contributed by atoms with E-state index in [0.29, 0.717) is 6.61 Å². The van der Waals surface area contributed by atoms with E-state index in [9.17, 15) is 4.79 Å². The van der Waals surface area contributed by atoms with Crippen molar-refractivity contribution in [3.63, 3.8) is 0 Å². The fourth-order valence-electron chi connectivity index (χ4n) is 1.30. The van der Waals surface area contributed by atoms with Gasteiger partial charge in [0.2, 0.25) is 0 Å². The van der Waals surface area contributed by atoms with E-state index >= 15 is 0 Å². The third kappa shape index (κ3) is 7.91. The van der Waals surface area contributed by atoms with Crippen LogP contribution in [0, 0.1) is 0 Å². The molecule has 0 saturated carbocycles. The Hall–Kier alpha value is 0.0869. The van der Waals surface area contributed by atoms with Gasteiger partial charge in [-0.3, -0.25) is 4.79 Å². The molecule has 17 heavy (non-hydrogen) atoms. The highest BCUT2D eigenvalue weighted by Gasteiger charge is 2.27. The van der Waals surface area contributed by atoms with E-state index in [1.54, 1.807) is 21.1 Å². The molecule has 6 heteroatoms. The van der Waals surface area contributed by atoms with Gasteiger partial charge in [0.1, 0.15) is 4.83 Å². The average Bonchev–Trinajstić information content (AvgIpc) is 2.32. The molecular weight excluding hydrogens is 304 g/mol. The SMILES string of the molecule is CO[Si](C)(CCCCCOC(=O)C(C)Br)OC. The summed E-state index contributed by atoms with van der Waals surface area (Å²) in [6, 6.07) is 0.975. The molecule has 0 spiro atoms. The van der Waals surface area contributed by atoms with Crippen LogP contribution in [-0.4, -0.2) is 40.2 Å². The number of unbranched alkanes of at least 4 members (excludes halogenated alkanes) is 2. The maximum absolute atomic E-state index is 11.1. The van der Waals surface area contributed by atoms with E-state index in [-0.39, 0.29) is 10.8 Å². The first-order chi connectivity index (χ1) is 7.95. The number of rotatable bonds is 9. The van der Waals surface area contributed by atoms with Crippen LogP contribution in [0.15, 0.2) is 0 Å². The van der Waals surface area contributed by atoms with Gasteiger partial charge in [0, 0.05) is 14.2 Å². The molecule has 0 radical (unpaired) electrons. The summed E-state index contributed by atoms with van der Waals surface area (Å²) in [4.78, 5) is 10.9. The first-order valence-electron chi connectivity index (χ1n) is 5.86. The standard InChI is InChI=1S/C11H23BrO4Si/c1-10(12)11(13)16-8-6-5-7-9-17(4,14-2)15-3/h10H,5-9H2,1-4H3. The predicted molar refractivity (Wildman–Crippen MR) is 73.6 cm³/mol. The van der Waals surface area contributed by atoms with Crippen molar-refractivity contribution in [2.45, 2.75) is 43.6 Å². The van der Waals surface area contributed by atoms with E-state index in [2.05, 4.69) is 22.5 Å². The minimum Gasteiger partial charge on any atom is -0.465 e. The molecule has 0 saturated heterocycles.